The lowest BCUT2D eigenvalue weighted by atomic mass is 9.86. The standard InChI is InChI=1S/C12H26N2.C2HF3O2/c13-9-5-11-14-10-4-8-12-6-2-1-3-7-12;3-2(4,5)1(6)7/h12,14H,1-11,13H2;(H,6,7). The fraction of sp³-hybridized carbons (Fsp3) is 0.929. The Morgan fingerprint density at radius 2 is 1.67 bits per heavy atom. The molecule has 1 aliphatic carbocycles. The molecule has 126 valence electrons. The van der Waals surface area contributed by atoms with E-state index in [-0.39, 0.29) is 0 Å². The first-order valence-electron chi connectivity index (χ1n) is 7.58. The van der Waals surface area contributed by atoms with Gasteiger partial charge in [0, 0.05) is 0 Å². The van der Waals surface area contributed by atoms with Crippen molar-refractivity contribution < 1.29 is 23.1 Å². The highest BCUT2D eigenvalue weighted by molar-refractivity contribution is 5.73. The normalized spacial score (nSPS) is 16.2. The van der Waals surface area contributed by atoms with Crippen molar-refractivity contribution in [3.05, 3.63) is 0 Å². The van der Waals surface area contributed by atoms with Gasteiger partial charge in [-0.3, -0.25) is 0 Å². The Labute approximate surface area is 124 Å². The van der Waals surface area contributed by atoms with Crippen molar-refractivity contribution in [1.82, 2.24) is 5.32 Å². The molecule has 0 amide bonds. The number of rotatable bonds is 7. The van der Waals surface area contributed by atoms with Gasteiger partial charge in [0.2, 0.25) is 0 Å². The summed E-state index contributed by atoms with van der Waals surface area (Å²) < 4.78 is 31.7. The first-order chi connectivity index (χ1) is 9.88. The van der Waals surface area contributed by atoms with Crippen molar-refractivity contribution >= 4 is 5.97 Å². The lowest BCUT2D eigenvalue weighted by Crippen LogP contribution is -2.21. The van der Waals surface area contributed by atoms with E-state index in [4.69, 9.17) is 15.6 Å². The minimum atomic E-state index is -5.08. The molecule has 4 nitrogen and oxygen atoms in total. The summed E-state index contributed by atoms with van der Waals surface area (Å²) in [5.41, 5.74) is 5.42. The predicted octanol–water partition coefficient (Wildman–Crippen LogP) is 2.92. The van der Waals surface area contributed by atoms with Gasteiger partial charge < -0.3 is 16.2 Å². The summed E-state index contributed by atoms with van der Waals surface area (Å²) in [5, 5.41) is 10.6. The van der Waals surface area contributed by atoms with Crippen molar-refractivity contribution in [3.8, 4) is 0 Å². The van der Waals surface area contributed by atoms with E-state index < -0.39 is 12.1 Å². The van der Waals surface area contributed by atoms with Gasteiger partial charge in [-0.2, -0.15) is 13.2 Å². The third-order valence-electron chi connectivity index (χ3n) is 3.49. The summed E-state index contributed by atoms with van der Waals surface area (Å²) in [5.74, 6) is -1.72. The molecule has 0 unspecified atom stereocenters. The van der Waals surface area contributed by atoms with Crippen molar-refractivity contribution in [3.63, 3.8) is 0 Å². The lowest BCUT2D eigenvalue weighted by molar-refractivity contribution is -0.192. The van der Waals surface area contributed by atoms with Crippen LogP contribution in [0.1, 0.15) is 51.4 Å². The molecule has 0 aromatic rings. The van der Waals surface area contributed by atoms with E-state index in [1.807, 2.05) is 0 Å². The van der Waals surface area contributed by atoms with E-state index in [0.29, 0.717) is 0 Å². The van der Waals surface area contributed by atoms with E-state index in [1.165, 1.54) is 51.5 Å². The Morgan fingerprint density at radius 1 is 1.14 bits per heavy atom. The van der Waals surface area contributed by atoms with Crippen molar-refractivity contribution in [2.75, 3.05) is 19.6 Å². The van der Waals surface area contributed by atoms with Gasteiger partial charge in [-0.25, -0.2) is 4.79 Å². The molecule has 1 fully saturated rings. The molecule has 0 heterocycles. The summed E-state index contributed by atoms with van der Waals surface area (Å²) in [4.78, 5) is 8.90. The number of aliphatic carboxylic acids is 1. The molecule has 7 heteroatoms. The Morgan fingerprint density at radius 3 is 2.14 bits per heavy atom. The fourth-order valence-electron chi connectivity index (χ4n) is 2.34. The second-order valence-electron chi connectivity index (χ2n) is 5.34. The molecule has 1 saturated carbocycles. The zero-order valence-corrected chi connectivity index (χ0v) is 12.4. The SMILES string of the molecule is NCCCNCCCC1CCCCC1.O=C(O)C(F)(F)F. The summed E-state index contributed by atoms with van der Waals surface area (Å²) in [6.07, 6.45) is 6.24. The quantitative estimate of drug-likeness (QED) is 0.632. The first kappa shape index (κ1) is 20.2. The van der Waals surface area contributed by atoms with Crippen LogP contribution in [0.25, 0.3) is 0 Å². The molecule has 21 heavy (non-hydrogen) atoms. The average Bonchev–Trinajstić information content (AvgIpc) is 2.43. The summed E-state index contributed by atoms with van der Waals surface area (Å²) in [6, 6.07) is 0. The largest absolute Gasteiger partial charge is 0.490 e. The molecule has 0 saturated heterocycles. The minimum absolute atomic E-state index is 0.815. The highest BCUT2D eigenvalue weighted by Crippen LogP contribution is 2.26. The van der Waals surface area contributed by atoms with Crippen molar-refractivity contribution in [2.24, 2.45) is 11.7 Å². The molecule has 1 rings (SSSR count). The summed E-state index contributed by atoms with van der Waals surface area (Å²) >= 11 is 0. The number of nitrogens with one attached hydrogen (secondary N) is 1. The molecule has 0 spiro atoms. The Bertz CT molecular complexity index is 267. The van der Waals surface area contributed by atoms with Gasteiger partial charge in [-0.1, -0.05) is 32.1 Å². The monoisotopic (exact) mass is 312 g/mol. The van der Waals surface area contributed by atoms with Crippen molar-refractivity contribution in [2.45, 2.75) is 57.5 Å². The zero-order chi connectivity index (χ0) is 16.1. The van der Waals surface area contributed by atoms with E-state index in [1.54, 1.807) is 0 Å². The minimum Gasteiger partial charge on any atom is -0.475 e. The molecule has 0 bridgehead atoms. The molecular formula is C14H27F3N2O2. The first-order valence-corrected chi connectivity index (χ1v) is 7.58. The molecule has 0 aliphatic heterocycles. The zero-order valence-electron chi connectivity index (χ0n) is 12.4. The number of carboxylic acids is 1. The molecule has 0 atom stereocenters. The maximum Gasteiger partial charge on any atom is 0.490 e. The molecule has 1 aliphatic rings. The van der Waals surface area contributed by atoms with Gasteiger partial charge in [-0.05, 0) is 44.8 Å². The van der Waals surface area contributed by atoms with E-state index in [0.717, 1.165) is 25.4 Å². The van der Waals surface area contributed by atoms with E-state index >= 15 is 0 Å². The molecular weight excluding hydrogens is 285 g/mol. The summed E-state index contributed by atoms with van der Waals surface area (Å²) in [7, 11) is 0. The van der Waals surface area contributed by atoms with Crippen LogP contribution < -0.4 is 11.1 Å². The van der Waals surface area contributed by atoms with Crippen LogP contribution in [0.3, 0.4) is 0 Å². The van der Waals surface area contributed by atoms with E-state index in [2.05, 4.69) is 5.32 Å². The number of nitrogens with two attached hydrogens (primary N) is 1. The lowest BCUT2D eigenvalue weighted by Gasteiger charge is -2.21. The Balaban J connectivity index is 0.000000486. The fourth-order valence-corrected chi connectivity index (χ4v) is 2.34. The number of alkyl halides is 3. The molecule has 0 aromatic carbocycles. The number of carboxylic acid groups (broad SMARTS) is 1. The Kier molecular flexibility index (Phi) is 11.3. The maximum atomic E-state index is 10.6. The third-order valence-corrected chi connectivity index (χ3v) is 3.49. The van der Waals surface area contributed by atoms with Gasteiger partial charge in [0.05, 0.1) is 0 Å². The van der Waals surface area contributed by atoms with Crippen LogP contribution in [-0.4, -0.2) is 36.9 Å². The van der Waals surface area contributed by atoms with Crippen molar-refractivity contribution in [1.29, 1.82) is 0 Å². The third kappa shape index (κ3) is 12.6. The molecule has 0 radical (unpaired) electrons. The van der Waals surface area contributed by atoms with Crippen LogP contribution in [-0.2, 0) is 4.79 Å². The van der Waals surface area contributed by atoms with Crippen LogP contribution in [0.4, 0.5) is 13.2 Å². The Hall–Kier alpha value is -0.820. The van der Waals surface area contributed by atoms with Crippen LogP contribution in [0.15, 0.2) is 0 Å². The molecule has 4 N–H and O–H groups in total. The average molecular weight is 312 g/mol. The highest BCUT2D eigenvalue weighted by atomic mass is 19.4. The highest BCUT2D eigenvalue weighted by Gasteiger charge is 2.38. The maximum absolute atomic E-state index is 10.6. The van der Waals surface area contributed by atoms with Gasteiger partial charge >= 0.3 is 12.1 Å². The van der Waals surface area contributed by atoms with Crippen LogP contribution in [0.2, 0.25) is 0 Å². The number of hydrogen-bond donors (Lipinski definition) is 3. The predicted molar refractivity (Wildman–Crippen MR) is 76.0 cm³/mol. The van der Waals surface area contributed by atoms with Gasteiger partial charge in [-0.15, -0.1) is 0 Å². The second kappa shape index (κ2) is 11.8. The number of hydrogen-bond acceptors (Lipinski definition) is 3. The smallest absolute Gasteiger partial charge is 0.475 e. The van der Waals surface area contributed by atoms with E-state index in [9.17, 15) is 13.2 Å². The topological polar surface area (TPSA) is 75.3 Å². The van der Waals surface area contributed by atoms with Gasteiger partial charge in [0.1, 0.15) is 0 Å². The number of halogens is 3. The van der Waals surface area contributed by atoms with Crippen LogP contribution in [0, 0.1) is 5.92 Å². The van der Waals surface area contributed by atoms with Crippen LogP contribution >= 0.6 is 0 Å². The van der Waals surface area contributed by atoms with Crippen LogP contribution in [0.5, 0.6) is 0 Å². The van der Waals surface area contributed by atoms with Gasteiger partial charge in [0.25, 0.3) is 0 Å². The number of carbonyl (C=O) groups is 1. The molecule has 0 aromatic heterocycles. The van der Waals surface area contributed by atoms with Gasteiger partial charge in [0.15, 0.2) is 0 Å². The second-order valence-corrected chi connectivity index (χ2v) is 5.34. The summed E-state index contributed by atoms with van der Waals surface area (Å²) in [6.45, 7) is 3.10.